The number of aromatic nitrogens is 3. The molecule has 0 unspecified atom stereocenters. The summed E-state index contributed by atoms with van der Waals surface area (Å²) < 4.78 is 10.6. The molecule has 6 nitrogen and oxygen atoms in total. The zero-order chi connectivity index (χ0) is 18.0. The van der Waals surface area contributed by atoms with Gasteiger partial charge in [0.2, 0.25) is 0 Å². The highest BCUT2D eigenvalue weighted by Gasteiger charge is 2.15. The van der Waals surface area contributed by atoms with Crippen LogP contribution < -0.4 is 9.47 Å². The van der Waals surface area contributed by atoms with Crippen LogP contribution in [0.1, 0.15) is 19.4 Å². The molecule has 0 saturated carbocycles. The highest BCUT2D eigenvalue weighted by atomic mass is 16.5. The molecule has 3 rings (SSSR count). The number of nitrogens with zero attached hydrogens (tertiary/aromatic N) is 2. The predicted molar refractivity (Wildman–Crippen MR) is 96.0 cm³/mol. The first kappa shape index (κ1) is 17.0. The molecule has 0 saturated heterocycles. The van der Waals surface area contributed by atoms with Crippen LogP contribution >= 0.6 is 0 Å². The van der Waals surface area contributed by atoms with Crippen LogP contribution in [0.4, 0.5) is 0 Å². The molecule has 0 fully saturated rings. The van der Waals surface area contributed by atoms with E-state index in [1.165, 1.54) is 0 Å². The fourth-order valence-electron chi connectivity index (χ4n) is 2.60. The lowest BCUT2D eigenvalue weighted by molar-refractivity contribution is -0.121. The second kappa shape index (κ2) is 6.93. The molecule has 2 heterocycles. The number of Topliss-reactive ketones (excluding diaryl/α,β-unsaturated/α-hetero) is 1. The highest BCUT2D eigenvalue weighted by Crippen LogP contribution is 2.32. The molecule has 0 spiro atoms. The topological polar surface area (TPSA) is 77.1 Å². The zero-order valence-electron chi connectivity index (χ0n) is 14.8. The zero-order valence-corrected chi connectivity index (χ0v) is 14.8. The molecule has 3 aromatic rings. The summed E-state index contributed by atoms with van der Waals surface area (Å²) in [6.07, 6.45) is 3.86. The maximum atomic E-state index is 12.1. The van der Waals surface area contributed by atoms with Gasteiger partial charge in [0.1, 0.15) is 11.3 Å². The van der Waals surface area contributed by atoms with E-state index in [0.717, 1.165) is 16.6 Å². The van der Waals surface area contributed by atoms with Gasteiger partial charge in [0, 0.05) is 29.7 Å². The number of methoxy groups -OCH3 is 2. The van der Waals surface area contributed by atoms with Crippen molar-refractivity contribution in [3.05, 3.63) is 36.2 Å². The van der Waals surface area contributed by atoms with Crippen molar-refractivity contribution in [3.8, 4) is 22.8 Å². The number of hydrogen-bond acceptors (Lipinski definition) is 5. The van der Waals surface area contributed by atoms with Gasteiger partial charge in [0.25, 0.3) is 0 Å². The third-order valence-corrected chi connectivity index (χ3v) is 4.15. The number of H-pyrrole nitrogens is 1. The van der Waals surface area contributed by atoms with E-state index in [1.807, 2.05) is 38.2 Å². The first-order valence-electron chi connectivity index (χ1n) is 8.11. The Morgan fingerprint density at radius 3 is 2.64 bits per heavy atom. The molecule has 0 amide bonds. The highest BCUT2D eigenvalue weighted by molar-refractivity contribution is 5.88. The fraction of sp³-hybridized carbons (Fsp3) is 0.316. The minimum Gasteiger partial charge on any atom is -0.493 e. The molecule has 130 valence electrons. The molecule has 0 atom stereocenters. The number of fused-ring (bicyclic) bond motifs is 1. The van der Waals surface area contributed by atoms with Crippen LogP contribution in [-0.4, -0.2) is 35.0 Å². The number of hydrogen-bond donors (Lipinski definition) is 1. The number of ketones is 1. The van der Waals surface area contributed by atoms with Gasteiger partial charge in [-0.1, -0.05) is 13.8 Å². The van der Waals surface area contributed by atoms with Crippen LogP contribution in [-0.2, 0) is 11.2 Å². The molecular weight excluding hydrogens is 318 g/mol. The van der Waals surface area contributed by atoms with Crippen LogP contribution in [0.2, 0.25) is 0 Å². The third kappa shape index (κ3) is 3.33. The number of carbonyl (C=O) groups is 1. The number of aromatic amines is 1. The van der Waals surface area contributed by atoms with Crippen molar-refractivity contribution in [2.45, 2.75) is 20.3 Å². The van der Waals surface area contributed by atoms with E-state index >= 15 is 0 Å². The Morgan fingerprint density at radius 1 is 1.20 bits per heavy atom. The molecular formula is C19H21N3O3. The fourth-order valence-corrected chi connectivity index (χ4v) is 2.60. The van der Waals surface area contributed by atoms with E-state index in [4.69, 9.17) is 14.5 Å². The Kier molecular flexibility index (Phi) is 4.70. The van der Waals surface area contributed by atoms with Crippen LogP contribution in [0.25, 0.3) is 22.4 Å². The summed E-state index contributed by atoms with van der Waals surface area (Å²) in [5.41, 5.74) is 3.85. The molecule has 0 aliphatic heterocycles. The summed E-state index contributed by atoms with van der Waals surface area (Å²) in [5.74, 6) is 1.46. The van der Waals surface area contributed by atoms with Crippen molar-refractivity contribution >= 4 is 16.9 Å². The first-order chi connectivity index (χ1) is 12.0. The summed E-state index contributed by atoms with van der Waals surface area (Å²) in [5, 5.41) is 0. The van der Waals surface area contributed by atoms with E-state index in [2.05, 4.69) is 9.97 Å². The molecule has 2 aromatic heterocycles. The molecule has 1 aromatic carbocycles. The molecule has 25 heavy (non-hydrogen) atoms. The second-order valence-corrected chi connectivity index (χ2v) is 6.13. The van der Waals surface area contributed by atoms with E-state index in [9.17, 15) is 4.79 Å². The maximum Gasteiger partial charge on any atom is 0.161 e. The SMILES string of the molecule is COc1ccc(-c2cnc3[nH]cc(CC(=O)C(C)C)c3n2)cc1OC. The molecule has 0 bridgehead atoms. The molecule has 0 radical (unpaired) electrons. The number of rotatable bonds is 6. The van der Waals surface area contributed by atoms with Gasteiger partial charge < -0.3 is 14.5 Å². The smallest absolute Gasteiger partial charge is 0.161 e. The predicted octanol–water partition coefficient (Wildman–Crippen LogP) is 3.41. The average molecular weight is 339 g/mol. The summed E-state index contributed by atoms with van der Waals surface area (Å²) in [7, 11) is 3.19. The van der Waals surface area contributed by atoms with E-state index < -0.39 is 0 Å². The van der Waals surface area contributed by atoms with Gasteiger partial charge >= 0.3 is 0 Å². The van der Waals surface area contributed by atoms with Gasteiger partial charge in [-0.25, -0.2) is 9.97 Å². The molecule has 6 heteroatoms. The van der Waals surface area contributed by atoms with Gasteiger partial charge in [0.05, 0.1) is 26.1 Å². The minimum atomic E-state index is -0.00746. The van der Waals surface area contributed by atoms with Gasteiger partial charge in [-0.15, -0.1) is 0 Å². The Bertz CT molecular complexity index is 915. The van der Waals surface area contributed by atoms with Crippen molar-refractivity contribution in [1.29, 1.82) is 0 Å². The average Bonchev–Trinajstić information content (AvgIpc) is 3.03. The molecule has 1 N–H and O–H groups in total. The van der Waals surface area contributed by atoms with Crippen LogP contribution in [0.5, 0.6) is 11.5 Å². The van der Waals surface area contributed by atoms with E-state index in [1.54, 1.807) is 20.4 Å². The third-order valence-electron chi connectivity index (χ3n) is 4.15. The number of ether oxygens (including phenoxy) is 2. The Balaban J connectivity index is 2.02. The van der Waals surface area contributed by atoms with Crippen LogP contribution in [0.3, 0.4) is 0 Å². The Hall–Kier alpha value is -2.89. The summed E-state index contributed by atoms with van der Waals surface area (Å²) >= 11 is 0. The molecule has 0 aliphatic carbocycles. The summed E-state index contributed by atoms with van der Waals surface area (Å²) in [6.45, 7) is 3.80. The number of carbonyl (C=O) groups excluding carboxylic acids is 1. The largest absolute Gasteiger partial charge is 0.493 e. The monoisotopic (exact) mass is 339 g/mol. The lowest BCUT2D eigenvalue weighted by Gasteiger charge is -2.09. The maximum absolute atomic E-state index is 12.1. The summed E-state index contributed by atoms with van der Waals surface area (Å²) in [6, 6.07) is 5.60. The lowest BCUT2D eigenvalue weighted by Crippen LogP contribution is -2.10. The van der Waals surface area contributed by atoms with Crippen molar-refractivity contribution < 1.29 is 14.3 Å². The van der Waals surface area contributed by atoms with Crippen molar-refractivity contribution in [2.75, 3.05) is 14.2 Å². The summed E-state index contributed by atoms with van der Waals surface area (Å²) in [4.78, 5) is 24.3. The normalized spacial score (nSPS) is 11.1. The first-order valence-corrected chi connectivity index (χ1v) is 8.11. The Morgan fingerprint density at radius 2 is 1.96 bits per heavy atom. The minimum absolute atomic E-state index is 0.00746. The van der Waals surface area contributed by atoms with Gasteiger partial charge in [-0.2, -0.15) is 0 Å². The number of nitrogens with one attached hydrogen (secondary N) is 1. The van der Waals surface area contributed by atoms with E-state index in [-0.39, 0.29) is 11.7 Å². The second-order valence-electron chi connectivity index (χ2n) is 6.13. The van der Waals surface area contributed by atoms with Gasteiger partial charge in [-0.3, -0.25) is 4.79 Å². The van der Waals surface area contributed by atoms with Crippen molar-refractivity contribution in [1.82, 2.24) is 15.0 Å². The van der Waals surface area contributed by atoms with Gasteiger partial charge in [0.15, 0.2) is 17.1 Å². The number of benzene rings is 1. The van der Waals surface area contributed by atoms with Crippen LogP contribution in [0, 0.1) is 5.92 Å². The lowest BCUT2D eigenvalue weighted by atomic mass is 10.0. The van der Waals surface area contributed by atoms with E-state index in [0.29, 0.717) is 29.3 Å². The van der Waals surface area contributed by atoms with Crippen molar-refractivity contribution in [2.24, 2.45) is 5.92 Å². The standard InChI is InChI=1S/C19H21N3O3/c1-11(2)15(23)7-13-9-20-19-18(13)22-14(10-21-19)12-5-6-16(24-3)17(8-12)25-4/h5-6,8-11H,7H2,1-4H3,(H,20,21). The Labute approximate surface area is 146 Å². The molecule has 0 aliphatic rings. The quantitative estimate of drug-likeness (QED) is 0.745. The van der Waals surface area contributed by atoms with Gasteiger partial charge in [-0.05, 0) is 18.2 Å². The van der Waals surface area contributed by atoms with Crippen molar-refractivity contribution in [3.63, 3.8) is 0 Å². The van der Waals surface area contributed by atoms with Crippen LogP contribution in [0.15, 0.2) is 30.6 Å².